The van der Waals surface area contributed by atoms with Crippen LogP contribution < -0.4 is 5.32 Å². The SMILES string of the molecule is CC(C)[C@@H](C(=O)N[C@H](C)c1ccccc1)N1C(=O)[C@@H]2[C@H](C1=O)C1(Cl)c3ccccc3C2(Cl)c2ccccc21. The molecule has 7 heteroatoms. The molecule has 2 bridgehead atoms. The van der Waals surface area contributed by atoms with Crippen molar-refractivity contribution in [2.24, 2.45) is 17.8 Å². The molecule has 7 rings (SSSR count). The molecule has 5 nitrogen and oxygen atoms in total. The van der Waals surface area contributed by atoms with Crippen LogP contribution in [0.5, 0.6) is 0 Å². The van der Waals surface area contributed by atoms with Crippen LogP contribution in [0.15, 0.2) is 78.9 Å². The van der Waals surface area contributed by atoms with Gasteiger partial charge in [-0.3, -0.25) is 19.3 Å². The highest BCUT2D eigenvalue weighted by molar-refractivity contribution is 6.36. The topological polar surface area (TPSA) is 66.5 Å². The van der Waals surface area contributed by atoms with Gasteiger partial charge >= 0.3 is 0 Å². The largest absolute Gasteiger partial charge is 0.348 e. The maximum absolute atomic E-state index is 14.3. The number of halogens is 2. The monoisotopic (exact) mass is 546 g/mol. The third-order valence-corrected chi connectivity index (χ3v) is 9.74. The Morgan fingerprint density at radius 3 is 1.53 bits per heavy atom. The zero-order valence-electron chi connectivity index (χ0n) is 21.3. The Bertz CT molecular complexity index is 1350. The van der Waals surface area contributed by atoms with Crippen molar-refractivity contribution in [2.75, 3.05) is 0 Å². The Hall–Kier alpha value is -3.15. The van der Waals surface area contributed by atoms with Gasteiger partial charge in [0.2, 0.25) is 17.7 Å². The first-order valence-corrected chi connectivity index (χ1v) is 13.7. The van der Waals surface area contributed by atoms with Crippen molar-refractivity contribution in [3.05, 3.63) is 107 Å². The summed E-state index contributed by atoms with van der Waals surface area (Å²) >= 11 is 15.0. The molecule has 3 aromatic rings. The number of rotatable bonds is 5. The van der Waals surface area contributed by atoms with E-state index in [1.165, 1.54) is 0 Å². The molecule has 0 spiro atoms. The number of amides is 3. The van der Waals surface area contributed by atoms with Gasteiger partial charge in [0, 0.05) is 0 Å². The first-order chi connectivity index (χ1) is 18.1. The molecule has 1 aliphatic heterocycles. The number of nitrogens with one attached hydrogen (secondary N) is 1. The average Bonchev–Trinajstić information content (AvgIpc) is 3.18. The van der Waals surface area contributed by atoms with Crippen molar-refractivity contribution >= 4 is 40.9 Å². The van der Waals surface area contributed by atoms with Crippen LogP contribution in [0.25, 0.3) is 0 Å². The van der Waals surface area contributed by atoms with Gasteiger partial charge in [0.25, 0.3) is 0 Å². The van der Waals surface area contributed by atoms with Crippen molar-refractivity contribution in [2.45, 2.75) is 42.6 Å². The van der Waals surface area contributed by atoms with Gasteiger partial charge < -0.3 is 5.32 Å². The third-order valence-electron chi connectivity index (χ3n) is 8.46. The third kappa shape index (κ3) is 3.15. The van der Waals surface area contributed by atoms with Gasteiger partial charge in [-0.05, 0) is 40.7 Å². The summed E-state index contributed by atoms with van der Waals surface area (Å²) in [4.78, 5) is 40.9. The molecule has 4 atom stereocenters. The molecule has 194 valence electrons. The molecule has 0 saturated carbocycles. The summed E-state index contributed by atoms with van der Waals surface area (Å²) in [5.74, 6) is -3.48. The van der Waals surface area contributed by atoms with E-state index in [1.54, 1.807) is 0 Å². The smallest absolute Gasteiger partial charge is 0.244 e. The quantitative estimate of drug-likeness (QED) is 0.340. The molecule has 3 aromatic carbocycles. The second-order valence-electron chi connectivity index (χ2n) is 10.8. The number of hydrogen-bond donors (Lipinski definition) is 1. The molecular formula is C31H28Cl2N2O3. The van der Waals surface area contributed by atoms with Crippen LogP contribution in [0.2, 0.25) is 0 Å². The molecule has 4 aliphatic rings. The van der Waals surface area contributed by atoms with Crippen molar-refractivity contribution in [3.63, 3.8) is 0 Å². The Morgan fingerprint density at radius 1 is 0.737 bits per heavy atom. The Kier molecular flexibility index (Phi) is 5.75. The lowest BCUT2D eigenvalue weighted by Gasteiger charge is -2.54. The predicted octanol–water partition coefficient (Wildman–Crippen LogP) is 5.48. The Morgan fingerprint density at radius 2 is 1.13 bits per heavy atom. The van der Waals surface area contributed by atoms with Crippen LogP contribution in [-0.2, 0) is 24.1 Å². The summed E-state index contributed by atoms with van der Waals surface area (Å²) in [6.45, 7) is 5.56. The molecule has 1 fully saturated rings. The number of hydrogen-bond acceptors (Lipinski definition) is 3. The zero-order chi connectivity index (χ0) is 27.0. The van der Waals surface area contributed by atoms with Gasteiger partial charge in [-0.1, -0.05) is 92.7 Å². The average molecular weight is 547 g/mol. The van der Waals surface area contributed by atoms with Crippen LogP contribution in [0.3, 0.4) is 0 Å². The van der Waals surface area contributed by atoms with E-state index < -0.39 is 39.4 Å². The lowest BCUT2D eigenvalue weighted by Crippen LogP contribution is -2.57. The number of likely N-dealkylation sites (tertiary alicyclic amines) is 1. The highest BCUT2D eigenvalue weighted by Gasteiger charge is 2.73. The van der Waals surface area contributed by atoms with Gasteiger partial charge in [0.1, 0.15) is 15.8 Å². The lowest BCUT2D eigenvalue weighted by molar-refractivity contribution is -0.150. The van der Waals surface area contributed by atoms with Crippen molar-refractivity contribution in [1.29, 1.82) is 0 Å². The van der Waals surface area contributed by atoms with Crippen molar-refractivity contribution in [3.8, 4) is 0 Å². The predicted molar refractivity (Wildman–Crippen MR) is 147 cm³/mol. The van der Waals surface area contributed by atoms with Crippen LogP contribution in [0.4, 0.5) is 0 Å². The molecular weight excluding hydrogens is 519 g/mol. The van der Waals surface area contributed by atoms with E-state index in [0.717, 1.165) is 32.7 Å². The second kappa shape index (κ2) is 8.69. The molecule has 0 radical (unpaired) electrons. The molecule has 1 heterocycles. The Labute approximate surface area is 232 Å². The minimum absolute atomic E-state index is 0.302. The zero-order valence-corrected chi connectivity index (χ0v) is 22.8. The number of alkyl halides is 2. The second-order valence-corrected chi connectivity index (χ2v) is 12.0. The van der Waals surface area contributed by atoms with Gasteiger partial charge in [-0.25, -0.2) is 0 Å². The minimum Gasteiger partial charge on any atom is -0.348 e. The molecule has 0 unspecified atom stereocenters. The van der Waals surface area contributed by atoms with Gasteiger partial charge in [-0.15, -0.1) is 23.2 Å². The minimum atomic E-state index is -1.27. The fraction of sp³-hybridized carbons (Fsp3) is 0.323. The summed E-state index contributed by atoms with van der Waals surface area (Å²) in [6, 6.07) is 23.3. The van der Waals surface area contributed by atoms with Gasteiger partial charge in [0.05, 0.1) is 17.9 Å². The fourth-order valence-corrected chi connectivity index (χ4v) is 7.90. The van der Waals surface area contributed by atoms with E-state index in [1.807, 2.05) is 99.6 Å². The Balaban J connectivity index is 1.45. The van der Waals surface area contributed by atoms with E-state index in [9.17, 15) is 14.4 Å². The number of carbonyl (C=O) groups is 3. The van der Waals surface area contributed by atoms with Crippen molar-refractivity contribution < 1.29 is 14.4 Å². The fourth-order valence-electron chi connectivity index (χ4n) is 6.80. The van der Waals surface area contributed by atoms with E-state index >= 15 is 0 Å². The van der Waals surface area contributed by atoms with Gasteiger partial charge in [-0.2, -0.15) is 0 Å². The maximum Gasteiger partial charge on any atom is 0.244 e. The summed E-state index contributed by atoms with van der Waals surface area (Å²) < 4.78 is 0. The lowest BCUT2D eigenvalue weighted by atomic mass is 9.54. The molecule has 1 N–H and O–H groups in total. The first-order valence-electron chi connectivity index (χ1n) is 12.9. The molecule has 0 aromatic heterocycles. The number of benzene rings is 3. The summed E-state index contributed by atoms with van der Waals surface area (Å²) in [6.07, 6.45) is 0. The maximum atomic E-state index is 14.3. The van der Waals surface area contributed by atoms with E-state index in [-0.39, 0.29) is 17.9 Å². The first kappa shape index (κ1) is 25.1. The standard InChI is InChI=1S/C31H28Cl2N2O3/c1-17(2)26(27(36)34-18(3)19-11-5-4-6-12-19)35-28(37)24-25(29(35)38)31(33)21-14-8-7-13-20(21)30(24,32)22-15-9-10-16-23(22)31/h4-18,24-26H,1-3H3,(H,34,36)/t18-,24-,25+,26+,30?,31?/m1/s1. The van der Waals surface area contributed by atoms with E-state index in [4.69, 9.17) is 23.2 Å². The number of imide groups is 1. The van der Waals surface area contributed by atoms with Crippen LogP contribution >= 0.6 is 23.2 Å². The van der Waals surface area contributed by atoms with Crippen LogP contribution in [0.1, 0.15) is 54.6 Å². The van der Waals surface area contributed by atoms with E-state index in [2.05, 4.69) is 5.32 Å². The van der Waals surface area contributed by atoms with Gasteiger partial charge in [0.15, 0.2) is 0 Å². The van der Waals surface area contributed by atoms with E-state index in [0.29, 0.717) is 0 Å². The molecule has 1 saturated heterocycles. The highest BCUT2D eigenvalue weighted by Crippen LogP contribution is 2.69. The summed E-state index contributed by atoms with van der Waals surface area (Å²) in [5, 5.41) is 3.02. The number of carbonyl (C=O) groups excluding carboxylic acids is 3. The molecule has 3 amide bonds. The summed E-state index contributed by atoms with van der Waals surface area (Å²) in [5.41, 5.74) is 3.89. The van der Waals surface area contributed by atoms with Crippen molar-refractivity contribution in [1.82, 2.24) is 10.2 Å². The van der Waals surface area contributed by atoms with Crippen LogP contribution in [-0.4, -0.2) is 28.7 Å². The highest BCUT2D eigenvalue weighted by atomic mass is 35.5. The summed E-state index contributed by atoms with van der Waals surface area (Å²) in [7, 11) is 0. The molecule has 38 heavy (non-hydrogen) atoms. The number of nitrogens with zero attached hydrogens (tertiary/aromatic N) is 1. The molecule has 3 aliphatic carbocycles. The van der Waals surface area contributed by atoms with Crippen LogP contribution in [0, 0.1) is 17.8 Å². The normalized spacial score (nSPS) is 28.5.